The molecule has 0 saturated heterocycles. The molecule has 0 bridgehead atoms. The van der Waals surface area contributed by atoms with Gasteiger partial charge in [0.25, 0.3) is 0 Å². The average molecular weight is 360 g/mol. The number of rotatable bonds is 8. The number of fused-ring (bicyclic) bond motifs is 1. The van der Waals surface area contributed by atoms with Crippen molar-refractivity contribution in [3.63, 3.8) is 0 Å². The molecule has 0 aliphatic rings. The molecule has 1 aromatic carbocycles. The molecule has 6 heteroatoms. The zero-order valence-corrected chi connectivity index (χ0v) is 15.5. The summed E-state index contributed by atoms with van der Waals surface area (Å²) in [4.78, 5) is 23.9. The number of ether oxygens (including phenoxy) is 3. The number of benzene rings is 1. The molecule has 0 N–H and O–H groups in total. The van der Waals surface area contributed by atoms with Gasteiger partial charge in [-0.3, -0.25) is 4.79 Å². The van der Waals surface area contributed by atoms with Crippen LogP contribution < -0.4 is 19.8 Å². The molecule has 140 valence electrons. The lowest BCUT2D eigenvalue weighted by Crippen LogP contribution is -2.16. The minimum Gasteiger partial charge on any atom is -0.492 e. The van der Waals surface area contributed by atoms with Gasteiger partial charge >= 0.3 is 11.6 Å². The van der Waals surface area contributed by atoms with E-state index in [0.717, 1.165) is 12.8 Å². The van der Waals surface area contributed by atoms with Crippen LogP contribution in [0.15, 0.2) is 39.6 Å². The van der Waals surface area contributed by atoms with E-state index < -0.39 is 11.6 Å². The van der Waals surface area contributed by atoms with E-state index >= 15 is 0 Å². The smallest absolute Gasteiger partial charge is 0.383 e. The Morgan fingerprint density at radius 2 is 2.00 bits per heavy atom. The predicted molar refractivity (Wildman–Crippen MR) is 99.1 cm³/mol. The van der Waals surface area contributed by atoms with Crippen LogP contribution in [0.1, 0.15) is 40.5 Å². The summed E-state index contributed by atoms with van der Waals surface area (Å²) in [6, 6.07) is 5.06. The van der Waals surface area contributed by atoms with Crippen molar-refractivity contribution in [2.24, 2.45) is 0 Å². The van der Waals surface area contributed by atoms with Crippen LogP contribution in [0.25, 0.3) is 11.0 Å². The zero-order valence-electron chi connectivity index (χ0n) is 15.5. The maximum Gasteiger partial charge on any atom is 0.383 e. The third-order valence-electron chi connectivity index (χ3n) is 3.35. The maximum atomic E-state index is 12.3. The Kier molecular flexibility index (Phi) is 6.83. The maximum absolute atomic E-state index is 12.3. The Hall–Kier alpha value is -2.76. The molecule has 2 rings (SSSR count). The lowest BCUT2D eigenvalue weighted by atomic mass is 10.2. The summed E-state index contributed by atoms with van der Waals surface area (Å²) in [5, 5.41) is 0.400. The van der Waals surface area contributed by atoms with Crippen LogP contribution in [0.4, 0.5) is 0 Å². The molecule has 1 heterocycles. The van der Waals surface area contributed by atoms with E-state index in [9.17, 15) is 9.59 Å². The number of carbonyl (C=O) groups is 1. The fourth-order valence-corrected chi connectivity index (χ4v) is 2.39. The van der Waals surface area contributed by atoms with Gasteiger partial charge < -0.3 is 18.6 Å². The monoisotopic (exact) mass is 360 g/mol. The van der Waals surface area contributed by atoms with Crippen LogP contribution in [0.3, 0.4) is 0 Å². The highest BCUT2D eigenvalue weighted by molar-refractivity contribution is 5.93. The van der Waals surface area contributed by atoms with Gasteiger partial charge in [-0.2, -0.15) is 0 Å². The highest BCUT2D eigenvalue weighted by Crippen LogP contribution is 2.39. The molecule has 0 aliphatic heterocycles. The van der Waals surface area contributed by atoms with Crippen molar-refractivity contribution >= 4 is 16.9 Å². The van der Waals surface area contributed by atoms with E-state index in [1.807, 2.05) is 6.08 Å². The molecule has 0 amide bonds. The van der Waals surface area contributed by atoms with Crippen molar-refractivity contribution in [2.45, 2.75) is 46.6 Å². The van der Waals surface area contributed by atoms with E-state index in [1.165, 1.54) is 6.92 Å². The molecule has 0 unspecified atom stereocenters. The van der Waals surface area contributed by atoms with E-state index in [2.05, 4.69) is 13.0 Å². The highest BCUT2D eigenvalue weighted by Gasteiger charge is 2.23. The third-order valence-corrected chi connectivity index (χ3v) is 3.35. The first-order chi connectivity index (χ1) is 12.4. The van der Waals surface area contributed by atoms with Crippen LogP contribution in [-0.2, 0) is 4.79 Å². The molecular weight excluding hydrogens is 336 g/mol. The van der Waals surface area contributed by atoms with Gasteiger partial charge in [0.2, 0.25) is 5.75 Å². The second-order valence-electron chi connectivity index (χ2n) is 5.95. The van der Waals surface area contributed by atoms with Crippen LogP contribution in [0, 0.1) is 0 Å². The van der Waals surface area contributed by atoms with Gasteiger partial charge in [-0.1, -0.05) is 25.1 Å². The van der Waals surface area contributed by atoms with Crippen LogP contribution in [-0.4, -0.2) is 18.7 Å². The Morgan fingerprint density at radius 3 is 2.65 bits per heavy atom. The van der Waals surface area contributed by atoms with E-state index in [0.29, 0.717) is 17.7 Å². The molecule has 0 saturated carbocycles. The third kappa shape index (κ3) is 4.88. The summed E-state index contributed by atoms with van der Waals surface area (Å²) in [6.45, 7) is 7.30. The fourth-order valence-electron chi connectivity index (χ4n) is 2.39. The van der Waals surface area contributed by atoms with Crippen LogP contribution in [0.5, 0.6) is 17.2 Å². The Balaban J connectivity index is 2.53. The molecule has 26 heavy (non-hydrogen) atoms. The van der Waals surface area contributed by atoms with Crippen LogP contribution >= 0.6 is 0 Å². The Labute approximate surface area is 152 Å². The van der Waals surface area contributed by atoms with Gasteiger partial charge in [0.1, 0.15) is 16.7 Å². The summed E-state index contributed by atoms with van der Waals surface area (Å²) >= 11 is 0. The van der Waals surface area contributed by atoms with Gasteiger partial charge in [0.15, 0.2) is 5.75 Å². The highest BCUT2D eigenvalue weighted by atomic mass is 16.6. The summed E-state index contributed by atoms with van der Waals surface area (Å²) in [5.41, 5.74) is -0.436. The first kappa shape index (κ1) is 19.6. The van der Waals surface area contributed by atoms with E-state index in [4.69, 9.17) is 18.6 Å². The first-order valence-corrected chi connectivity index (χ1v) is 8.66. The van der Waals surface area contributed by atoms with Crippen molar-refractivity contribution in [3.05, 3.63) is 40.8 Å². The quantitative estimate of drug-likeness (QED) is 0.303. The largest absolute Gasteiger partial charge is 0.492 e. The molecule has 0 atom stereocenters. The lowest BCUT2D eigenvalue weighted by Gasteiger charge is -2.16. The van der Waals surface area contributed by atoms with Gasteiger partial charge in [0, 0.05) is 6.92 Å². The summed E-state index contributed by atoms with van der Waals surface area (Å²) in [5.74, 6) is -0.214. The van der Waals surface area contributed by atoms with Crippen molar-refractivity contribution in [3.8, 4) is 17.2 Å². The Bertz CT molecular complexity index is 847. The van der Waals surface area contributed by atoms with Gasteiger partial charge in [-0.15, -0.1) is 0 Å². The van der Waals surface area contributed by atoms with Crippen molar-refractivity contribution in [2.75, 3.05) is 6.61 Å². The summed E-state index contributed by atoms with van der Waals surface area (Å²) < 4.78 is 22.0. The van der Waals surface area contributed by atoms with Gasteiger partial charge in [-0.25, -0.2) is 4.79 Å². The molecule has 1 aromatic heterocycles. The molecule has 0 aliphatic carbocycles. The number of carbonyl (C=O) groups excluding carboxylic acids is 1. The standard InChI is InChI=1S/C20H24O6/c1-5-6-7-8-12-23-15-10-9-11-16-17(15)18(25-14(4)21)19(20(22)26-16)24-13(2)3/h6-7,9-11,13H,5,8,12H2,1-4H3/b7-6+. The normalized spacial score (nSPS) is 11.3. The van der Waals surface area contributed by atoms with Crippen molar-refractivity contribution in [1.82, 2.24) is 0 Å². The fraction of sp³-hybridized carbons (Fsp3) is 0.400. The minimum atomic E-state index is -0.703. The summed E-state index contributed by atoms with van der Waals surface area (Å²) in [7, 11) is 0. The number of allylic oxidation sites excluding steroid dienone is 1. The number of hydrogen-bond acceptors (Lipinski definition) is 6. The molecular formula is C20H24O6. The SMILES string of the molecule is CC/C=C/CCOc1cccc2oc(=O)c(OC(C)C)c(OC(C)=O)c12. The minimum absolute atomic E-state index is 0.0251. The predicted octanol–water partition coefficient (Wildman–Crippen LogP) is 4.24. The molecule has 0 spiro atoms. The average Bonchev–Trinajstić information content (AvgIpc) is 2.57. The molecule has 2 aromatic rings. The molecule has 0 fully saturated rings. The second-order valence-corrected chi connectivity index (χ2v) is 5.95. The molecule has 0 radical (unpaired) electrons. The van der Waals surface area contributed by atoms with Gasteiger partial charge in [-0.05, 0) is 38.8 Å². The van der Waals surface area contributed by atoms with Crippen LogP contribution in [0.2, 0.25) is 0 Å². The topological polar surface area (TPSA) is 75.0 Å². The zero-order chi connectivity index (χ0) is 19.1. The van der Waals surface area contributed by atoms with E-state index in [-0.39, 0.29) is 23.2 Å². The van der Waals surface area contributed by atoms with Gasteiger partial charge in [0.05, 0.1) is 12.7 Å². The van der Waals surface area contributed by atoms with Crippen molar-refractivity contribution in [1.29, 1.82) is 0 Å². The summed E-state index contributed by atoms with van der Waals surface area (Å²) in [6.07, 6.45) is 5.50. The first-order valence-electron chi connectivity index (χ1n) is 8.66. The number of hydrogen-bond donors (Lipinski definition) is 0. The lowest BCUT2D eigenvalue weighted by molar-refractivity contribution is -0.131. The van der Waals surface area contributed by atoms with E-state index in [1.54, 1.807) is 32.0 Å². The second kappa shape index (κ2) is 9.08. The molecule has 6 nitrogen and oxygen atoms in total. The number of esters is 1. The Morgan fingerprint density at radius 1 is 1.23 bits per heavy atom. The van der Waals surface area contributed by atoms with Crippen molar-refractivity contribution < 1.29 is 23.4 Å².